The molecule has 0 saturated carbocycles. The molecule has 0 amide bonds. The summed E-state index contributed by atoms with van der Waals surface area (Å²) in [7, 11) is 1.57. The van der Waals surface area contributed by atoms with Crippen LogP contribution in [0.25, 0.3) is 21.6 Å². The third kappa shape index (κ3) is 3.51. The Morgan fingerprint density at radius 2 is 2.04 bits per heavy atom. The fraction of sp³-hybridized carbons (Fsp3) is 0.105. The molecule has 0 saturated heterocycles. The maximum absolute atomic E-state index is 13.0. The van der Waals surface area contributed by atoms with Crippen molar-refractivity contribution < 1.29 is 4.74 Å². The maximum Gasteiger partial charge on any atom is 0.281 e. The van der Waals surface area contributed by atoms with Crippen molar-refractivity contribution in [2.45, 2.75) is 6.54 Å². The van der Waals surface area contributed by atoms with E-state index in [4.69, 9.17) is 16.3 Å². The summed E-state index contributed by atoms with van der Waals surface area (Å²) >= 11 is 7.36. The van der Waals surface area contributed by atoms with Gasteiger partial charge in [-0.3, -0.25) is 9.78 Å². The molecule has 27 heavy (non-hydrogen) atoms. The predicted molar refractivity (Wildman–Crippen MR) is 108 cm³/mol. The first kappa shape index (κ1) is 17.5. The SMILES string of the molecule is COc1cncc(-c2nc3sccc3c(=O)n2NCc2ccc(Cl)cc2)c1. The van der Waals surface area contributed by atoms with Gasteiger partial charge in [0.25, 0.3) is 5.56 Å². The molecule has 4 aromatic rings. The van der Waals surface area contributed by atoms with Crippen molar-refractivity contribution in [3.05, 3.63) is 75.1 Å². The molecular weight excluding hydrogens is 384 g/mol. The van der Waals surface area contributed by atoms with Gasteiger partial charge in [-0.2, -0.15) is 0 Å². The molecule has 0 fully saturated rings. The summed E-state index contributed by atoms with van der Waals surface area (Å²) in [5.74, 6) is 1.08. The molecule has 0 bridgehead atoms. The van der Waals surface area contributed by atoms with E-state index < -0.39 is 0 Å². The van der Waals surface area contributed by atoms with Gasteiger partial charge in [0.05, 0.1) is 25.2 Å². The Morgan fingerprint density at radius 1 is 1.22 bits per heavy atom. The number of thiophene rings is 1. The van der Waals surface area contributed by atoms with Gasteiger partial charge in [-0.15, -0.1) is 11.3 Å². The van der Waals surface area contributed by atoms with E-state index in [9.17, 15) is 4.79 Å². The Hall–Kier alpha value is -2.90. The van der Waals surface area contributed by atoms with Crippen LogP contribution in [-0.2, 0) is 6.54 Å². The fourth-order valence-electron chi connectivity index (χ4n) is 2.68. The highest BCUT2D eigenvalue weighted by Crippen LogP contribution is 2.23. The summed E-state index contributed by atoms with van der Waals surface area (Å²) in [5, 5.41) is 3.10. The first-order valence-corrected chi connectivity index (χ1v) is 9.39. The number of benzene rings is 1. The molecule has 0 atom stereocenters. The average Bonchev–Trinajstić information content (AvgIpc) is 3.17. The lowest BCUT2D eigenvalue weighted by atomic mass is 10.2. The van der Waals surface area contributed by atoms with Crippen molar-refractivity contribution >= 4 is 33.2 Å². The second-order valence-corrected chi connectivity index (χ2v) is 7.12. The minimum absolute atomic E-state index is 0.159. The van der Waals surface area contributed by atoms with Gasteiger partial charge in [-0.1, -0.05) is 23.7 Å². The molecule has 0 aliphatic heterocycles. The third-order valence-corrected chi connectivity index (χ3v) is 5.12. The molecular formula is C19H15ClN4O2S. The number of hydrogen-bond donors (Lipinski definition) is 1. The van der Waals surface area contributed by atoms with Crippen LogP contribution in [0.15, 0.2) is 59.0 Å². The fourth-order valence-corrected chi connectivity index (χ4v) is 3.56. The monoisotopic (exact) mass is 398 g/mol. The molecule has 0 unspecified atom stereocenters. The maximum atomic E-state index is 13.0. The number of nitrogens with zero attached hydrogens (tertiary/aromatic N) is 3. The molecule has 0 aliphatic rings. The van der Waals surface area contributed by atoms with E-state index in [0.29, 0.717) is 38.9 Å². The van der Waals surface area contributed by atoms with Gasteiger partial charge < -0.3 is 10.2 Å². The Balaban J connectivity index is 1.80. The first-order valence-electron chi connectivity index (χ1n) is 8.13. The number of rotatable bonds is 5. The number of hydrogen-bond acceptors (Lipinski definition) is 6. The number of ether oxygens (including phenoxy) is 1. The van der Waals surface area contributed by atoms with Crippen molar-refractivity contribution in [3.63, 3.8) is 0 Å². The van der Waals surface area contributed by atoms with E-state index in [2.05, 4.69) is 15.4 Å². The summed E-state index contributed by atoms with van der Waals surface area (Å²) in [6, 6.07) is 11.0. The van der Waals surface area contributed by atoms with Crippen LogP contribution in [0.4, 0.5) is 0 Å². The van der Waals surface area contributed by atoms with Gasteiger partial charge in [0, 0.05) is 16.8 Å². The number of pyridine rings is 1. The highest BCUT2D eigenvalue weighted by molar-refractivity contribution is 7.16. The normalized spacial score (nSPS) is 10.9. The number of aromatic nitrogens is 3. The van der Waals surface area contributed by atoms with E-state index in [1.54, 1.807) is 31.6 Å². The minimum Gasteiger partial charge on any atom is -0.495 e. The number of halogens is 1. The second kappa shape index (κ2) is 7.38. The zero-order valence-electron chi connectivity index (χ0n) is 14.3. The molecule has 0 radical (unpaired) electrons. The number of fused-ring (bicyclic) bond motifs is 1. The molecule has 3 heterocycles. The van der Waals surface area contributed by atoms with Crippen LogP contribution < -0.4 is 15.7 Å². The molecule has 0 spiro atoms. The van der Waals surface area contributed by atoms with Gasteiger partial charge in [0.15, 0.2) is 5.82 Å². The Morgan fingerprint density at radius 3 is 2.81 bits per heavy atom. The van der Waals surface area contributed by atoms with E-state index in [1.807, 2.05) is 29.6 Å². The van der Waals surface area contributed by atoms with E-state index >= 15 is 0 Å². The van der Waals surface area contributed by atoms with E-state index in [1.165, 1.54) is 16.0 Å². The highest BCUT2D eigenvalue weighted by Gasteiger charge is 2.14. The zero-order valence-corrected chi connectivity index (χ0v) is 15.9. The summed E-state index contributed by atoms with van der Waals surface area (Å²) in [4.78, 5) is 22.5. The van der Waals surface area contributed by atoms with Crippen LogP contribution in [0.5, 0.6) is 5.75 Å². The lowest BCUT2D eigenvalue weighted by Crippen LogP contribution is -2.31. The summed E-state index contributed by atoms with van der Waals surface area (Å²) in [5.41, 5.74) is 4.69. The second-order valence-electron chi connectivity index (χ2n) is 5.79. The standard InChI is InChI=1S/C19H15ClN4O2S/c1-26-15-8-13(10-21-11-15)17-23-18-16(6-7-27-18)19(25)24(17)22-9-12-2-4-14(20)5-3-12/h2-8,10-11,22H,9H2,1H3. The van der Waals surface area contributed by atoms with Crippen LogP contribution in [0, 0.1) is 0 Å². The van der Waals surface area contributed by atoms with Crippen molar-refractivity contribution in [1.29, 1.82) is 0 Å². The lowest BCUT2D eigenvalue weighted by molar-refractivity contribution is 0.413. The van der Waals surface area contributed by atoms with Crippen molar-refractivity contribution in [1.82, 2.24) is 14.6 Å². The van der Waals surface area contributed by atoms with Gasteiger partial charge in [0.1, 0.15) is 10.6 Å². The molecule has 1 aromatic carbocycles. The smallest absolute Gasteiger partial charge is 0.281 e. The number of nitrogens with one attached hydrogen (secondary N) is 1. The van der Waals surface area contributed by atoms with Gasteiger partial charge in [-0.05, 0) is 35.2 Å². The molecule has 1 N–H and O–H groups in total. The zero-order chi connectivity index (χ0) is 18.8. The molecule has 0 aliphatic carbocycles. The lowest BCUT2D eigenvalue weighted by Gasteiger charge is -2.15. The van der Waals surface area contributed by atoms with Crippen molar-refractivity contribution in [2.24, 2.45) is 0 Å². The van der Waals surface area contributed by atoms with Crippen molar-refractivity contribution in [2.75, 3.05) is 12.5 Å². The Kier molecular flexibility index (Phi) is 4.79. The van der Waals surface area contributed by atoms with Crippen LogP contribution in [0.3, 0.4) is 0 Å². The quantitative estimate of drug-likeness (QED) is 0.551. The van der Waals surface area contributed by atoms with Gasteiger partial charge >= 0.3 is 0 Å². The van der Waals surface area contributed by atoms with E-state index in [0.717, 1.165) is 5.56 Å². The average molecular weight is 399 g/mol. The molecule has 136 valence electrons. The minimum atomic E-state index is -0.159. The topological polar surface area (TPSA) is 69.0 Å². The molecule has 3 aromatic heterocycles. The predicted octanol–water partition coefficient (Wildman–Crippen LogP) is 3.93. The number of methoxy groups -OCH3 is 1. The first-order chi connectivity index (χ1) is 13.2. The van der Waals surface area contributed by atoms with Crippen LogP contribution in [0.2, 0.25) is 5.02 Å². The van der Waals surface area contributed by atoms with Gasteiger partial charge in [0.2, 0.25) is 0 Å². The van der Waals surface area contributed by atoms with Crippen LogP contribution >= 0.6 is 22.9 Å². The molecule has 4 rings (SSSR count). The largest absolute Gasteiger partial charge is 0.495 e. The molecule has 6 nitrogen and oxygen atoms in total. The van der Waals surface area contributed by atoms with Crippen LogP contribution in [0.1, 0.15) is 5.56 Å². The highest BCUT2D eigenvalue weighted by atomic mass is 35.5. The van der Waals surface area contributed by atoms with Crippen molar-refractivity contribution in [3.8, 4) is 17.1 Å². The third-order valence-electron chi connectivity index (χ3n) is 4.06. The van der Waals surface area contributed by atoms with Crippen LogP contribution in [-0.4, -0.2) is 21.8 Å². The Labute approximate surface area is 164 Å². The summed E-state index contributed by atoms with van der Waals surface area (Å²) < 4.78 is 6.71. The molecule has 8 heteroatoms. The summed E-state index contributed by atoms with van der Waals surface area (Å²) in [6.45, 7) is 0.443. The van der Waals surface area contributed by atoms with E-state index in [-0.39, 0.29) is 5.56 Å². The van der Waals surface area contributed by atoms with Gasteiger partial charge in [-0.25, -0.2) is 9.66 Å². The Bertz CT molecular complexity index is 1150. The summed E-state index contributed by atoms with van der Waals surface area (Å²) in [6.07, 6.45) is 3.26.